The summed E-state index contributed by atoms with van der Waals surface area (Å²) >= 11 is 0. The standard InChI is InChI=1S/C23H35FN2/c1-7-10-17(4)21(11-8-2)23(26-9-3)18(5)16-22(25-6)19-12-14-20(24)15-13-19/h12-17,21,25H,5,7-11H2,1-4,6H3/b22-16-,26-23+. The third-order valence-corrected chi connectivity index (χ3v) is 4.78. The molecule has 0 heterocycles. The number of nitrogens with one attached hydrogen (secondary N) is 1. The van der Waals surface area contributed by atoms with Crippen molar-refractivity contribution in [1.82, 2.24) is 5.32 Å². The lowest BCUT2D eigenvalue weighted by Gasteiger charge is -2.26. The molecule has 0 bridgehead atoms. The van der Waals surface area contributed by atoms with E-state index in [1.807, 2.05) is 13.1 Å². The van der Waals surface area contributed by atoms with Crippen molar-refractivity contribution in [3.63, 3.8) is 0 Å². The number of halogens is 1. The van der Waals surface area contributed by atoms with Crippen LogP contribution in [0.3, 0.4) is 0 Å². The van der Waals surface area contributed by atoms with Crippen LogP contribution in [0.25, 0.3) is 5.70 Å². The van der Waals surface area contributed by atoms with Gasteiger partial charge in [0.1, 0.15) is 5.82 Å². The van der Waals surface area contributed by atoms with Crippen LogP contribution >= 0.6 is 0 Å². The van der Waals surface area contributed by atoms with Crippen LogP contribution in [0.5, 0.6) is 0 Å². The zero-order valence-electron chi connectivity index (χ0n) is 17.1. The fourth-order valence-electron chi connectivity index (χ4n) is 3.46. The zero-order chi connectivity index (χ0) is 19.5. The fourth-order valence-corrected chi connectivity index (χ4v) is 3.46. The first-order chi connectivity index (χ1) is 12.5. The molecule has 0 aliphatic carbocycles. The van der Waals surface area contributed by atoms with E-state index in [1.54, 1.807) is 12.1 Å². The first-order valence-corrected chi connectivity index (χ1v) is 9.87. The quantitative estimate of drug-likeness (QED) is 0.366. The lowest BCUT2D eigenvalue weighted by molar-refractivity contribution is 0.395. The van der Waals surface area contributed by atoms with Crippen molar-refractivity contribution >= 4 is 11.4 Å². The van der Waals surface area contributed by atoms with Crippen LogP contribution in [0.1, 0.15) is 58.9 Å². The van der Waals surface area contributed by atoms with Crippen LogP contribution in [0.4, 0.5) is 4.39 Å². The van der Waals surface area contributed by atoms with Crippen LogP contribution in [0.15, 0.2) is 47.5 Å². The Labute approximate surface area is 159 Å². The van der Waals surface area contributed by atoms with Crippen molar-refractivity contribution < 1.29 is 4.39 Å². The average molecular weight is 359 g/mol. The maximum Gasteiger partial charge on any atom is 0.123 e. The molecule has 144 valence electrons. The topological polar surface area (TPSA) is 24.4 Å². The second-order valence-electron chi connectivity index (χ2n) is 6.86. The average Bonchev–Trinajstić information content (AvgIpc) is 2.63. The van der Waals surface area contributed by atoms with E-state index in [-0.39, 0.29) is 5.82 Å². The highest BCUT2D eigenvalue weighted by molar-refractivity contribution is 6.05. The molecule has 2 unspecified atom stereocenters. The summed E-state index contributed by atoms with van der Waals surface area (Å²) in [4.78, 5) is 4.83. The summed E-state index contributed by atoms with van der Waals surface area (Å²) in [6.07, 6.45) is 6.68. The van der Waals surface area contributed by atoms with Crippen LogP contribution in [-0.2, 0) is 0 Å². The van der Waals surface area contributed by atoms with Crippen LogP contribution < -0.4 is 5.32 Å². The molecular weight excluding hydrogens is 323 g/mol. The molecule has 3 heteroatoms. The van der Waals surface area contributed by atoms with E-state index >= 15 is 0 Å². The Kier molecular flexibility index (Phi) is 9.93. The van der Waals surface area contributed by atoms with E-state index in [2.05, 4.69) is 39.6 Å². The summed E-state index contributed by atoms with van der Waals surface area (Å²) in [5, 5.41) is 3.21. The highest BCUT2D eigenvalue weighted by Crippen LogP contribution is 2.28. The van der Waals surface area contributed by atoms with Crippen molar-refractivity contribution in [2.75, 3.05) is 13.6 Å². The molecule has 0 aromatic heterocycles. The summed E-state index contributed by atoms with van der Waals surface area (Å²) in [6, 6.07) is 6.52. The minimum Gasteiger partial charge on any atom is -0.388 e. The molecule has 0 aliphatic rings. The molecule has 2 atom stereocenters. The van der Waals surface area contributed by atoms with Gasteiger partial charge in [0.25, 0.3) is 0 Å². The number of hydrogen-bond acceptors (Lipinski definition) is 2. The third kappa shape index (κ3) is 6.44. The van der Waals surface area contributed by atoms with Gasteiger partial charge in [0.2, 0.25) is 0 Å². The van der Waals surface area contributed by atoms with Gasteiger partial charge in [0.05, 0.1) is 0 Å². The zero-order valence-corrected chi connectivity index (χ0v) is 17.1. The van der Waals surface area contributed by atoms with E-state index in [0.29, 0.717) is 11.8 Å². The van der Waals surface area contributed by atoms with Crippen LogP contribution in [0.2, 0.25) is 0 Å². The van der Waals surface area contributed by atoms with E-state index in [4.69, 9.17) is 4.99 Å². The van der Waals surface area contributed by atoms with Crippen molar-refractivity contribution in [3.8, 4) is 0 Å². The predicted octanol–water partition coefficient (Wildman–Crippen LogP) is 6.26. The van der Waals surface area contributed by atoms with Gasteiger partial charge in [0.15, 0.2) is 0 Å². The number of allylic oxidation sites excluding steroid dienone is 2. The van der Waals surface area contributed by atoms with Crippen molar-refractivity contribution in [2.45, 2.75) is 53.4 Å². The smallest absolute Gasteiger partial charge is 0.123 e. The minimum atomic E-state index is -0.229. The molecule has 0 saturated heterocycles. The molecule has 0 fully saturated rings. The maximum atomic E-state index is 13.2. The van der Waals surface area contributed by atoms with E-state index in [1.165, 1.54) is 25.0 Å². The van der Waals surface area contributed by atoms with Crippen molar-refractivity contribution in [1.29, 1.82) is 0 Å². The Morgan fingerprint density at radius 3 is 2.27 bits per heavy atom. The molecule has 0 amide bonds. The molecule has 1 rings (SSSR count). The van der Waals surface area contributed by atoms with Crippen LogP contribution in [0, 0.1) is 17.7 Å². The molecule has 0 spiro atoms. The van der Waals surface area contributed by atoms with Gasteiger partial charge in [-0.05, 0) is 48.6 Å². The third-order valence-electron chi connectivity index (χ3n) is 4.78. The number of benzene rings is 1. The first kappa shape index (κ1) is 22.1. The SMILES string of the molecule is C=C(/C=C(\NC)c1ccc(F)cc1)/C(=N\CC)C(CCC)C(C)CCC. The van der Waals surface area contributed by atoms with E-state index in [9.17, 15) is 4.39 Å². The molecule has 2 nitrogen and oxygen atoms in total. The summed E-state index contributed by atoms with van der Waals surface area (Å²) in [5.74, 6) is 0.780. The fraction of sp³-hybridized carbons (Fsp3) is 0.522. The lowest BCUT2D eigenvalue weighted by Crippen LogP contribution is -2.24. The monoisotopic (exact) mass is 358 g/mol. The van der Waals surface area contributed by atoms with Gasteiger partial charge >= 0.3 is 0 Å². The summed E-state index contributed by atoms with van der Waals surface area (Å²) in [7, 11) is 1.88. The molecule has 0 aliphatic heterocycles. The normalized spacial score (nSPS) is 14.8. The largest absolute Gasteiger partial charge is 0.388 e. The molecular formula is C23H35FN2. The Bertz CT molecular complexity index is 614. The molecule has 1 aromatic rings. The van der Waals surface area contributed by atoms with Crippen molar-refractivity contribution in [3.05, 3.63) is 53.9 Å². The minimum absolute atomic E-state index is 0.229. The molecule has 1 aromatic carbocycles. The number of hydrogen-bond donors (Lipinski definition) is 1. The molecule has 1 N–H and O–H groups in total. The summed E-state index contributed by atoms with van der Waals surface area (Å²) < 4.78 is 13.2. The van der Waals surface area contributed by atoms with Gasteiger partial charge in [-0.2, -0.15) is 0 Å². The second-order valence-corrected chi connectivity index (χ2v) is 6.86. The van der Waals surface area contributed by atoms with Gasteiger partial charge in [-0.25, -0.2) is 4.39 Å². The highest BCUT2D eigenvalue weighted by Gasteiger charge is 2.23. The Balaban J connectivity index is 3.19. The van der Waals surface area contributed by atoms with Gasteiger partial charge in [-0.1, -0.05) is 58.7 Å². The Morgan fingerprint density at radius 2 is 1.77 bits per heavy atom. The second kappa shape index (κ2) is 11.7. The Hall–Kier alpha value is -1.90. The van der Waals surface area contributed by atoms with Gasteiger partial charge in [-0.15, -0.1) is 0 Å². The highest BCUT2D eigenvalue weighted by atomic mass is 19.1. The molecule has 26 heavy (non-hydrogen) atoms. The number of nitrogens with zero attached hydrogens (tertiary/aromatic N) is 1. The van der Waals surface area contributed by atoms with E-state index in [0.717, 1.165) is 41.9 Å². The predicted molar refractivity (Wildman–Crippen MR) is 113 cm³/mol. The lowest BCUT2D eigenvalue weighted by atomic mass is 9.80. The van der Waals surface area contributed by atoms with Gasteiger partial charge in [-0.3, -0.25) is 4.99 Å². The summed E-state index contributed by atoms with van der Waals surface area (Å²) in [6.45, 7) is 13.9. The number of aliphatic imine (C=N–C) groups is 1. The van der Waals surface area contributed by atoms with E-state index < -0.39 is 0 Å². The van der Waals surface area contributed by atoms with Crippen molar-refractivity contribution in [2.24, 2.45) is 16.8 Å². The first-order valence-electron chi connectivity index (χ1n) is 9.87. The number of rotatable bonds is 11. The summed E-state index contributed by atoms with van der Waals surface area (Å²) in [5.41, 5.74) is 3.93. The van der Waals surface area contributed by atoms with Crippen LogP contribution in [-0.4, -0.2) is 19.3 Å². The Morgan fingerprint density at radius 1 is 1.15 bits per heavy atom. The maximum absolute atomic E-state index is 13.2. The molecule has 0 radical (unpaired) electrons. The van der Waals surface area contributed by atoms with Gasteiger partial charge < -0.3 is 5.32 Å². The van der Waals surface area contributed by atoms with Gasteiger partial charge in [0, 0.05) is 30.9 Å². The molecule has 0 saturated carbocycles.